The molecular weight excluding hydrogens is 328 g/mol. The highest BCUT2D eigenvalue weighted by molar-refractivity contribution is 6.21. The van der Waals surface area contributed by atoms with Crippen molar-refractivity contribution >= 4 is 11.8 Å². The van der Waals surface area contributed by atoms with Crippen LogP contribution < -0.4 is 0 Å². The number of hydrogen-bond donors (Lipinski definition) is 0. The Morgan fingerprint density at radius 1 is 0.923 bits per heavy atom. The Morgan fingerprint density at radius 3 is 2.19 bits per heavy atom. The largest absolute Gasteiger partial charge is 0.284 e. The molecule has 3 aromatic rings. The molecule has 0 bridgehead atoms. The van der Waals surface area contributed by atoms with Gasteiger partial charge in [-0.2, -0.15) is 5.10 Å². The standard InChI is InChI=1S/C20H18N4O2/c1-22(12-15-11-21-24(13-15)16-7-3-2-4-8-16)14-23-19(25)17-9-5-6-10-18(17)20(23)26/h2-11,13H,12,14H2,1H3. The third kappa shape index (κ3) is 2.91. The van der Waals surface area contributed by atoms with Crippen molar-refractivity contribution in [3.05, 3.63) is 83.7 Å². The SMILES string of the molecule is CN(Cc1cnn(-c2ccccc2)c1)CN1C(=O)c2ccccc2C1=O. The third-order valence-electron chi connectivity index (χ3n) is 4.37. The maximum Gasteiger partial charge on any atom is 0.262 e. The van der Waals surface area contributed by atoms with Crippen molar-refractivity contribution in [3.63, 3.8) is 0 Å². The van der Waals surface area contributed by atoms with E-state index in [0.717, 1.165) is 11.3 Å². The molecule has 6 nitrogen and oxygen atoms in total. The Kier molecular flexibility index (Phi) is 4.10. The molecule has 1 aliphatic rings. The first-order chi connectivity index (χ1) is 12.6. The van der Waals surface area contributed by atoms with Crippen LogP contribution >= 0.6 is 0 Å². The third-order valence-corrected chi connectivity index (χ3v) is 4.37. The van der Waals surface area contributed by atoms with E-state index in [1.807, 2.05) is 53.2 Å². The van der Waals surface area contributed by atoms with Gasteiger partial charge in [0, 0.05) is 18.3 Å². The van der Waals surface area contributed by atoms with E-state index in [1.54, 1.807) is 30.5 Å². The first kappa shape index (κ1) is 16.2. The van der Waals surface area contributed by atoms with Crippen molar-refractivity contribution in [2.24, 2.45) is 0 Å². The van der Waals surface area contributed by atoms with Gasteiger partial charge in [0.05, 0.1) is 29.7 Å². The molecular formula is C20H18N4O2. The van der Waals surface area contributed by atoms with Crippen LogP contribution in [-0.2, 0) is 6.54 Å². The summed E-state index contributed by atoms with van der Waals surface area (Å²) in [6.07, 6.45) is 3.75. The van der Waals surface area contributed by atoms with Crippen LogP contribution in [0, 0.1) is 0 Å². The summed E-state index contributed by atoms with van der Waals surface area (Å²) in [5.74, 6) is -0.477. The van der Waals surface area contributed by atoms with E-state index in [1.165, 1.54) is 4.90 Å². The molecule has 0 spiro atoms. The lowest BCUT2D eigenvalue weighted by atomic mass is 10.1. The molecule has 6 heteroatoms. The zero-order valence-electron chi connectivity index (χ0n) is 14.4. The molecule has 0 radical (unpaired) electrons. The molecule has 0 aliphatic carbocycles. The van der Waals surface area contributed by atoms with E-state index in [2.05, 4.69) is 5.10 Å². The molecule has 4 rings (SSSR count). The Balaban J connectivity index is 1.44. The minimum absolute atomic E-state index is 0.238. The number of para-hydroxylation sites is 1. The number of aromatic nitrogens is 2. The van der Waals surface area contributed by atoms with E-state index < -0.39 is 0 Å². The highest BCUT2D eigenvalue weighted by Gasteiger charge is 2.35. The lowest BCUT2D eigenvalue weighted by Crippen LogP contribution is -2.39. The summed E-state index contributed by atoms with van der Waals surface area (Å²) in [6, 6.07) is 16.8. The van der Waals surface area contributed by atoms with E-state index in [9.17, 15) is 9.59 Å². The van der Waals surface area contributed by atoms with Crippen molar-refractivity contribution in [3.8, 4) is 5.69 Å². The minimum atomic E-state index is -0.238. The van der Waals surface area contributed by atoms with Gasteiger partial charge in [0.2, 0.25) is 0 Å². The summed E-state index contributed by atoms with van der Waals surface area (Å²) < 4.78 is 1.81. The zero-order valence-corrected chi connectivity index (χ0v) is 14.4. The zero-order chi connectivity index (χ0) is 18.1. The van der Waals surface area contributed by atoms with Gasteiger partial charge < -0.3 is 0 Å². The predicted molar refractivity (Wildman–Crippen MR) is 96.8 cm³/mol. The maximum absolute atomic E-state index is 12.4. The van der Waals surface area contributed by atoms with Gasteiger partial charge in [0.25, 0.3) is 11.8 Å². The van der Waals surface area contributed by atoms with Crippen LogP contribution in [-0.4, -0.2) is 45.1 Å². The summed E-state index contributed by atoms with van der Waals surface area (Å²) in [4.78, 5) is 28.1. The van der Waals surface area contributed by atoms with Crippen molar-refractivity contribution in [1.82, 2.24) is 19.6 Å². The minimum Gasteiger partial charge on any atom is -0.284 e. The molecule has 0 saturated carbocycles. The Labute approximate surface area is 151 Å². The summed E-state index contributed by atoms with van der Waals surface area (Å²) >= 11 is 0. The molecule has 130 valence electrons. The van der Waals surface area contributed by atoms with Crippen molar-refractivity contribution < 1.29 is 9.59 Å². The second kappa shape index (κ2) is 6.57. The van der Waals surface area contributed by atoms with Crippen LogP contribution in [0.5, 0.6) is 0 Å². The smallest absolute Gasteiger partial charge is 0.262 e. The van der Waals surface area contributed by atoms with Crippen LogP contribution in [0.25, 0.3) is 5.69 Å². The van der Waals surface area contributed by atoms with Crippen molar-refractivity contribution in [2.75, 3.05) is 13.7 Å². The summed E-state index contributed by atoms with van der Waals surface area (Å²) in [5, 5.41) is 4.38. The maximum atomic E-state index is 12.4. The van der Waals surface area contributed by atoms with Crippen molar-refractivity contribution in [2.45, 2.75) is 6.54 Å². The number of amides is 2. The number of hydrogen-bond acceptors (Lipinski definition) is 4. The molecule has 0 unspecified atom stereocenters. The Hall–Kier alpha value is -3.25. The predicted octanol–water partition coefficient (Wildman–Crippen LogP) is 2.56. The first-order valence-electron chi connectivity index (χ1n) is 8.36. The average Bonchev–Trinajstić information content (AvgIpc) is 3.22. The number of carbonyl (C=O) groups excluding carboxylic acids is 2. The lowest BCUT2D eigenvalue weighted by Gasteiger charge is -2.22. The van der Waals surface area contributed by atoms with Gasteiger partial charge >= 0.3 is 0 Å². The second-order valence-corrected chi connectivity index (χ2v) is 6.37. The molecule has 26 heavy (non-hydrogen) atoms. The van der Waals surface area contributed by atoms with Gasteiger partial charge in [0.15, 0.2) is 0 Å². The first-order valence-corrected chi connectivity index (χ1v) is 8.36. The van der Waals surface area contributed by atoms with E-state index >= 15 is 0 Å². The molecule has 0 atom stereocenters. The lowest BCUT2D eigenvalue weighted by molar-refractivity contribution is 0.0559. The van der Waals surface area contributed by atoms with E-state index in [0.29, 0.717) is 17.7 Å². The second-order valence-electron chi connectivity index (χ2n) is 6.37. The monoisotopic (exact) mass is 346 g/mol. The molecule has 2 heterocycles. The number of nitrogens with zero attached hydrogens (tertiary/aromatic N) is 4. The highest BCUT2D eigenvalue weighted by Crippen LogP contribution is 2.22. The number of rotatable bonds is 5. The van der Waals surface area contributed by atoms with Gasteiger partial charge in [-0.3, -0.25) is 19.4 Å². The highest BCUT2D eigenvalue weighted by atomic mass is 16.2. The normalized spacial score (nSPS) is 13.5. The van der Waals surface area contributed by atoms with Gasteiger partial charge in [-0.15, -0.1) is 0 Å². The van der Waals surface area contributed by atoms with E-state index in [-0.39, 0.29) is 18.5 Å². The molecule has 1 aromatic heterocycles. The quantitative estimate of drug-likeness (QED) is 0.666. The molecule has 0 saturated heterocycles. The molecule has 0 fully saturated rings. The molecule has 1 aliphatic heterocycles. The van der Waals surface area contributed by atoms with Crippen LogP contribution in [0.2, 0.25) is 0 Å². The molecule has 0 N–H and O–H groups in total. The van der Waals surface area contributed by atoms with Gasteiger partial charge in [0.1, 0.15) is 0 Å². The summed E-state index contributed by atoms with van der Waals surface area (Å²) in [5.41, 5.74) is 2.94. The number of imide groups is 1. The van der Waals surface area contributed by atoms with Gasteiger partial charge in [-0.1, -0.05) is 30.3 Å². The van der Waals surface area contributed by atoms with Crippen LogP contribution in [0.1, 0.15) is 26.3 Å². The molecule has 2 aromatic carbocycles. The fourth-order valence-electron chi connectivity index (χ4n) is 3.13. The Bertz CT molecular complexity index is 930. The number of benzene rings is 2. The van der Waals surface area contributed by atoms with Crippen LogP contribution in [0.3, 0.4) is 0 Å². The summed E-state index contributed by atoms with van der Waals surface area (Å²) in [6.45, 7) is 0.823. The fourth-order valence-corrected chi connectivity index (χ4v) is 3.13. The van der Waals surface area contributed by atoms with Crippen LogP contribution in [0.15, 0.2) is 67.0 Å². The number of carbonyl (C=O) groups is 2. The average molecular weight is 346 g/mol. The fraction of sp³-hybridized carbons (Fsp3) is 0.150. The number of fused-ring (bicyclic) bond motifs is 1. The summed E-state index contributed by atoms with van der Waals surface area (Å²) in [7, 11) is 1.88. The topological polar surface area (TPSA) is 58.4 Å². The van der Waals surface area contributed by atoms with Crippen LogP contribution in [0.4, 0.5) is 0 Å². The van der Waals surface area contributed by atoms with E-state index in [4.69, 9.17) is 0 Å². The van der Waals surface area contributed by atoms with Gasteiger partial charge in [-0.25, -0.2) is 4.68 Å². The Morgan fingerprint density at radius 2 is 1.54 bits per heavy atom. The molecule has 2 amide bonds. The van der Waals surface area contributed by atoms with Crippen molar-refractivity contribution in [1.29, 1.82) is 0 Å². The van der Waals surface area contributed by atoms with Gasteiger partial charge in [-0.05, 0) is 31.3 Å².